The van der Waals surface area contributed by atoms with Gasteiger partial charge in [-0.05, 0) is 61.3 Å². The zero-order valence-electron chi connectivity index (χ0n) is 25.9. The Balaban J connectivity index is 1.57. The van der Waals surface area contributed by atoms with E-state index < -0.39 is 0 Å². The number of rotatable bonds is 24. The summed E-state index contributed by atoms with van der Waals surface area (Å²) in [7, 11) is -0.352. The van der Waals surface area contributed by atoms with Gasteiger partial charge in [0.1, 0.15) is 5.69 Å². The van der Waals surface area contributed by atoms with Gasteiger partial charge >= 0.3 is 0 Å². The summed E-state index contributed by atoms with van der Waals surface area (Å²) in [4.78, 5) is 4.67. The van der Waals surface area contributed by atoms with Crippen molar-refractivity contribution in [3.05, 3.63) is 36.0 Å². The van der Waals surface area contributed by atoms with Gasteiger partial charge < -0.3 is 4.74 Å². The third-order valence-electron chi connectivity index (χ3n) is 8.04. The average molecular weight is 554 g/mol. The summed E-state index contributed by atoms with van der Waals surface area (Å²) in [6.45, 7) is 11.2. The Hall–Kier alpha value is -1.59. The molecule has 2 aromatic heterocycles. The number of aromatic nitrogens is 3. The van der Waals surface area contributed by atoms with E-state index in [0.29, 0.717) is 0 Å². The summed E-state index contributed by atoms with van der Waals surface area (Å²) in [5.41, 5.74) is 3.09. The molecule has 0 fully saturated rings. The Labute approximate surface area is 243 Å². The highest BCUT2D eigenvalue weighted by atomic mass is 28.2. The van der Waals surface area contributed by atoms with E-state index in [1.54, 1.807) is 0 Å². The smallest absolute Gasteiger partial charge is 0.111 e. The number of hydrogen-bond acceptors (Lipinski definition) is 4. The van der Waals surface area contributed by atoms with E-state index >= 15 is 0 Å². The lowest BCUT2D eigenvalue weighted by molar-refractivity contribution is 0.126. The normalized spacial score (nSPS) is 13.3. The third-order valence-corrected chi connectivity index (χ3v) is 10.2. The number of pyridine rings is 1. The van der Waals surface area contributed by atoms with Gasteiger partial charge in [0.15, 0.2) is 0 Å². The van der Waals surface area contributed by atoms with Gasteiger partial charge in [0, 0.05) is 24.7 Å². The molecule has 4 nitrogen and oxygen atoms in total. The molecule has 0 saturated heterocycles. The number of hydrogen-bond donors (Lipinski definition) is 0. The predicted octanol–water partition coefficient (Wildman–Crippen LogP) is 8.47. The molecule has 2 unspecified atom stereocenters. The second-order valence-electron chi connectivity index (χ2n) is 12.0. The molecule has 220 valence electrons. The van der Waals surface area contributed by atoms with Crippen molar-refractivity contribution in [2.24, 2.45) is 11.8 Å². The third kappa shape index (κ3) is 16.3. The standard InChI is InChI=1S/C34H59N3OSi/c1-5-7-9-15-25-38-26-16-14-20-31-21-22-32(35-27-31)33-23-24-34(37-36-33)39-28-30(4)19-13-10-12-18-29(3)17-11-8-6-2/h21-24,27,29-30H,5-20,25-26,28,39H2,1-4H3. The van der Waals surface area contributed by atoms with Crippen LogP contribution in [0.4, 0.5) is 0 Å². The molecular formula is C34H59N3OSi. The largest absolute Gasteiger partial charge is 0.381 e. The number of aryl methyl sites for hydroxylation is 1. The fourth-order valence-corrected chi connectivity index (χ4v) is 6.74. The van der Waals surface area contributed by atoms with Gasteiger partial charge in [0.2, 0.25) is 0 Å². The van der Waals surface area contributed by atoms with Crippen molar-refractivity contribution >= 4 is 14.8 Å². The van der Waals surface area contributed by atoms with Crippen LogP contribution in [0.1, 0.15) is 130 Å². The van der Waals surface area contributed by atoms with Crippen molar-refractivity contribution in [2.75, 3.05) is 13.2 Å². The van der Waals surface area contributed by atoms with Crippen LogP contribution in [-0.4, -0.2) is 37.9 Å². The molecule has 0 bridgehead atoms. The lowest BCUT2D eigenvalue weighted by Crippen LogP contribution is -2.21. The van der Waals surface area contributed by atoms with Gasteiger partial charge in [0.05, 0.1) is 15.2 Å². The van der Waals surface area contributed by atoms with E-state index in [2.05, 4.69) is 67.1 Å². The lowest BCUT2D eigenvalue weighted by Gasteiger charge is -2.12. The van der Waals surface area contributed by atoms with Crippen LogP contribution < -0.4 is 5.32 Å². The highest BCUT2D eigenvalue weighted by Crippen LogP contribution is 2.19. The van der Waals surface area contributed by atoms with E-state index in [1.807, 2.05) is 6.20 Å². The molecule has 0 N–H and O–H groups in total. The molecular weight excluding hydrogens is 494 g/mol. The maximum Gasteiger partial charge on any atom is 0.111 e. The SMILES string of the molecule is CCCCCCOCCCCc1ccc(-c2ccc([SiH2]CC(C)CCCCCC(C)CCCCC)nn2)nc1. The Kier molecular flexibility index (Phi) is 19.1. The Morgan fingerprint density at radius 1 is 0.667 bits per heavy atom. The fourth-order valence-electron chi connectivity index (χ4n) is 5.21. The molecule has 2 heterocycles. The minimum Gasteiger partial charge on any atom is -0.381 e. The zero-order chi connectivity index (χ0) is 28.0. The van der Waals surface area contributed by atoms with Crippen LogP contribution in [0.25, 0.3) is 11.4 Å². The molecule has 0 spiro atoms. The van der Waals surface area contributed by atoms with Crippen LogP contribution in [0.3, 0.4) is 0 Å². The van der Waals surface area contributed by atoms with Gasteiger partial charge in [-0.3, -0.25) is 4.98 Å². The van der Waals surface area contributed by atoms with Crippen molar-refractivity contribution < 1.29 is 4.74 Å². The zero-order valence-corrected chi connectivity index (χ0v) is 27.3. The van der Waals surface area contributed by atoms with E-state index in [9.17, 15) is 0 Å². The molecule has 5 heteroatoms. The van der Waals surface area contributed by atoms with Gasteiger partial charge in [-0.25, -0.2) is 0 Å². The summed E-state index contributed by atoms with van der Waals surface area (Å²) in [5, 5.41) is 10.3. The molecule has 2 rings (SSSR count). The molecule has 2 aromatic rings. The fraction of sp³-hybridized carbons (Fsp3) is 0.735. The Morgan fingerprint density at radius 2 is 1.31 bits per heavy atom. The molecule has 0 radical (unpaired) electrons. The predicted molar refractivity (Wildman–Crippen MR) is 172 cm³/mol. The van der Waals surface area contributed by atoms with Gasteiger partial charge in [-0.2, -0.15) is 5.10 Å². The Morgan fingerprint density at radius 3 is 1.97 bits per heavy atom. The minimum atomic E-state index is -0.352. The van der Waals surface area contributed by atoms with Crippen LogP contribution in [-0.2, 0) is 11.2 Å². The molecule has 2 atom stereocenters. The number of ether oxygens (including phenoxy) is 1. The molecule has 0 aliphatic carbocycles. The molecule has 0 aliphatic rings. The highest BCUT2D eigenvalue weighted by Gasteiger charge is 2.08. The molecule has 0 aliphatic heterocycles. The van der Waals surface area contributed by atoms with Crippen molar-refractivity contribution in [1.29, 1.82) is 0 Å². The van der Waals surface area contributed by atoms with Crippen molar-refractivity contribution in [3.63, 3.8) is 0 Å². The van der Waals surface area contributed by atoms with E-state index in [1.165, 1.54) is 100 Å². The van der Waals surface area contributed by atoms with Crippen molar-refractivity contribution in [2.45, 2.75) is 136 Å². The Bertz CT molecular complexity index is 827. The number of unbranched alkanes of at least 4 members (excludes halogenated alkanes) is 8. The topological polar surface area (TPSA) is 47.9 Å². The quantitative estimate of drug-likeness (QED) is 0.0966. The summed E-state index contributed by atoms with van der Waals surface area (Å²) >= 11 is 0. The van der Waals surface area contributed by atoms with E-state index in [-0.39, 0.29) is 9.52 Å². The summed E-state index contributed by atoms with van der Waals surface area (Å²) in [5.74, 6) is 1.72. The molecule has 0 aromatic carbocycles. The average Bonchev–Trinajstić information content (AvgIpc) is 2.96. The first-order valence-electron chi connectivity index (χ1n) is 16.5. The highest BCUT2D eigenvalue weighted by molar-refractivity contribution is 6.52. The van der Waals surface area contributed by atoms with Gasteiger partial charge in [0.25, 0.3) is 0 Å². The molecule has 39 heavy (non-hydrogen) atoms. The van der Waals surface area contributed by atoms with Crippen LogP contribution >= 0.6 is 0 Å². The summed E-state index contributed by atoms with van der Waals surface area (Å²) < 4.78 is 5.75. The maximum atomic E-state index is 5.75. The minimum absolute atomic E-state index is 0.352. The lowest BCUT2D eigenvalue weighted by atomic mass is 9.96. The van der Waals surface area contributed by atoms with Crippen molar-refractivity contribution in [3.8, 4) is 11.4 Å². The number of nitrogens with zero attached hydrogens (tertiary/aromatic N) is 3. The van der Waals surface area contributed by atoms with Gasteiger partial charge in [-0.15, -0.1) is 5.10 Å². The van der Waals surface area contributed by atoms with Crippen LogP contribution in [0.15, 0.2) is 30.5 Å². The maximum absolute atomic E-state index is 5.75. The van der Waals surface area contributed by atoms with Crippen LogP contribution in [0.2, 0.25) is 6.04 Å². The van der Waals surface area contributed by atoms with Gasteiger partial charge in [-0.1, -0.05) is 117 Å². The first kappa shape index (κ1) is 33.6. The second kappa shape index (κ2) is 22.1. The first-order valence-corrected chi connectivity index (χ1v) is 18.2. The second-order valence-corrected chi connectivity index (χ2v) is 13.8. The first-order chi connectivity index (χ1) is 19.1. The summed E-state index contributed by atoms with van der Waals surface area (Å²) in [6.07, 6.45) is 23.0. The molecule has 0 saturated carbocycles. The molecule has 0 amide bonds. The monoisotopic (exact) mass is 553 g/mol. The van der Waals surface area contributed by atoms with E-state index in [4.69, 9.17) is 4.74 Å². The van der Waals surface area contributed by atoms with E-state index in [0.717, 1.165) is 55.7 Å². The summed E-state index contributed by atoms with van der Waals surface area (Å²) in [6, 6.07) is 9.92. The van der Waals surface area contributed by atoms with Crippen LogP contribution in [0.5, 0.6) is 0 Å². The van der Waals surface area contributed by atoms with Crippen molar-refractivity contribution in [1.82, 2.24) is 15.2 Å². The van der Waals surface area contributed by atoms with Crippen LogP contribution in [0, 0.1) is 11.8 Å².